The van der Waals surface area contributed by atoms with Gasteiger partial charge in [-0.3, -0.25) is 0 Å². The molecule has 0 spiro atoms. The van der Waals surface area contributed by atoms with Crippen LogP contribution in [0.3, 0.4) is 0 Å². The van der Waals surface area contributed by atoms with Crippen LogP contribution in [0.4, 0.5) is 0 Å². The molecule has 0 fully saturated rings. The van der Waals surface area contributed by atoms with Crippen molar-refractivity contribution in [1.82, 2.24) is 4.57 Å². The molecule has 10 aromatic rings. The van der Waals surface area contributed by atoms with Crippen molar-refractivity contribution in [3.63, 3.8) is 0 Å². The summed E-state index contributed by atoms with van der Waals surface area (Å²) in [5.41, 5.74) is 15.5. The molecule has 11 rings (SSSR count). The van der Waals surface area contributed by atoms with Gasteiger partial charge in [-0.25, -0.2) is 0 Å². The van der Waals surface area contributed by atoms with Crippen molar-refractivity contribution >= 4 is 54.1 Å². The van der Waals surface area contributed by atoms with Crippen LogP contribution in [-0.2, 0) is 12.5 Å². The molecule has 1 heterocycles. The van der Waals surface area contributed by atoms with E-state index in [1.54, 1.807) is 0 Å². The second-order valence-electron chi connectivity index (χ2n) is 15.4. The minimum Gasteiger partial charge on any atom is -0.344 e. The van der Waals surface area contributed by atoms with Crippen molar-refractivity contribution in [3.05, 3.63) is 181 Å². The Labute approximate surface area is 309 Å². The predicted octanol–water partition coefficient (Wildman–Crippen LogP) is 14.1. The number of rotatable bonds is 3. The molecule has 0 aliphatic heterocycles. The molecule has 0 atom stereocenters. The summed E-state index contributed by atoms with van der Waals surface area (Å²) in [6.45, 7) is 4.75. The average molecular weight is 676 g/mol. The largest absolute Gasteiger partial charge is 0.344 e. The number of nitrogens with zero attached hydrogens (tertiary/aromatic N) is 1. The van der Waals surface area contributed by atoms with Gasteiger partial charge in [0.2, 0.25) is 0 Å². The molecule has 0 radical (unpaired) electrons. The minimum absolute atomic E-state index is 0.0857. The van der Waals surface area contributed by atoms with E-state index in [2.05, 4.69) is 195 Å². The van der Waals surface area contributed by atoms with Gasteiger partial charge in [-0.1, -0.05) is 147 Å². The van der Waals surface area contributed by atoms with E-state index in [0.29, 0.717) is 0 Å². The van der Waals surface area contributed by atoms with E-state index >= 15 is 0 Å². The number of fused-ring (bicyclic) bond motifs is 9. The SMILES string of the molecule is Cn1c2ccccc2c2cc(-c3c4ccccc4c(-c4ccc5c(c4)C(C)(C)c4ccccc4-5)c4cc(-c5ccc6ccccc6c5)ccc34)ccc21. The van der Waals surface area contributed by atoms with Crippen LogP contribution in [0.25, 0.3) is 98.6 Å². The quantitative estimate of drug-likeness (QED) is 0.164. The van der Waals surface area contributed by atoms with Crippen LogP contribution in [0.5, 0.6) is 0 Å². The lowest BCUT2D eigenvalue weighted by Crippen LogP contribution is -2.14. The molecule has 1 aliphatic carbocycles. The van der Waals surface area contributed by atoms with Crippen molar-refractivity contribution < 1.29 is 0 Å². The van der Waals surface area contributed by atoms with Crippen LogP contribution >= 0.6 is 0 Å². The van der Waals surface area contributed by atoms with Gasteiger partial charge >= 0.3 is 0 Å². The van der Waals surface area contributed by atoms with Crippen LogP contribution in [0.15, 0.2) is 170 Å². The second kappa shape index (κ2) is 11.0. The van der Waals surface area contributed by atoms with Gasteiger partial charge in [0.05, 0.1) is 0 Å². The van der Waals surface area contributed by atoms with E-state index in [1.165, 1.54) is 110 Å². The fraction of sp³-hybridized carbons (Fsp3) is 0.0769. The Bertz CT molecular complexity index is 3150. The molecule has 0 saturated heterocycles. The van der Waals surface area contributed by atoms with Crippen molar-refractivity contribution in [2.24, 2.45) is 7.05 Å². The van der Waals surface area contributed by atoms with Crippen molar-refractivity contribution in [3.8, 4) is 44.5 Å². The summed E-state index contributed by atoms with van der Waals surface area (Å²) in [7, 11) is 2.18. The van der Waals surface area contributed by atoms with Gasteiger partial charge in [0, 0.05) is 34.3 Å². The summed E-state index contributed by atoms with van der Waals surface area (Å²) >= 11 is 0. The normalized spacial score (nSPS) is 13.3. The van der Waals surface area contributed by atoms with E-state index in [9.17, 15) is 0 Å². The van der Waals surface area contributed by atoms with Gasteiger partial charge in [-0.05, 0) is 124 Å². The first-order valence-corrected chi connectivity index (χ1v) is 18.7. The first-order valence-electron chi connectivity index (χ1n) is 18.7. The van der Waals surface area contributed by atoms with Crippen molar-refractivity contribution in [2.45, 2.75) is 19.3 Å². The summed E-state index contributed by atoms with van der Waals surface area (Å²) in [4.78, 5) is 0. The van der Waals surface area contributed by atoms with Crippen LogP contribution in [0.2, 0.25) is 0 Å². The number of para-hydroxylation sites is 1. The van der Waals surface area contributed by atoms with E-state index in [-0.39, 0.29) is 5.41 Å². The van der Waals surface area contributed by atoms with E-state index < -0.39 is 0 Å². The Hall–Kier alpha value is -6.44. The zero-order chi connectivity index (χ0) is 35.4. The Kier molecular flexibility index (Phi) is 6.29. The highest BCUT2D eigenvalue weighted by atomic mass is 14.9. The zero-order valence-corrected chi connectivity index (χ0v) is 30.1. The molecular weight excluding hydrogens is 639 g/mol. The van der Waals surface area contributed by atoms with Crippen LogP contribution in [-0.4, -0.2) is 4.57 Å². The molecular formula is C52H37N. The Morgan fingerprint density at radius 2 is 0.906 bits per heavy atom. The van der Waals surface area contributed by atoms with Crippen LogP contribution in [0, 0.1) is 0 Å². The monoisotopic (exact) mass is 675 g/mol. The maximum Gasteiger partial charge on any atom is 0.0489 e. The molecule has 1 aliphatic rings. The predicted molar refractivity (Wildman–Crippen MR) is 227 cm³/mol. The smallest absolute Gasteiger partial charge is 0.0489 e. The molecule has 0 unspecified atom stereocenters. The number of aryl methyl sites for hydroxylation is 1. The first kappa shape index (κ1) is 30.2. The van der Waals surface area contributed by atoms with E-state index in [1.807, 2.05) is 0 Å². The number of hydrogen-bond acceptors (Lipinski definition) is 0. The molecule has 1 heteroatoms. The van der Waals surface area contributed by atoms with Gasteiger partial charge in [0.25, 0.3) is 0 Å². The van der Waals surface area contributed by atoms with E-state index in [0.717, 1.165) is 0 Å². The zero-order valence-electron chi connectivity index (χ0n) is 30.1. The third-order valence-corrected chi connectivity index (χ3v) is 12.2. The molecule has 53 heavy (non-hydrogen) atoms. The summed E-state index contributed by atoms with van der Waals surface area (Å²) < 4.78 is 2.32. The topological polar surface area (TPSA) is 4.93 Å². The van der Waals surface area contributed by atoms with Gasteiger partial charge < -0.3 is 4.57 Å². The fourth-order valence-electron chi connectivity index (χ4n) is 9.53. The molecule has 1 aromatic heterocycles. The summed E-state index contributed by atoms with van der Waals surface area (Å²) in [6, 6.07) is 63.7. The maximum atomic E-state index is 2.49. The molecule has 250 valence electrons. The molecule has 9 aromatic carbocycles. The molecule has 0 N–H and O–H groups in total. The molecule has 0 bridgehead atoms. The summed E-state index contributed by atoms with van der Waals surface area (Å²) in [5.74, 6) is 0. The lowest BCUT2D eigenvalue weighted by Gasteiger charge is -2.23. The summed E-state index contributed by atoms with van der Waals surface area (Å²) in [5, 5.41) is 10.2. The average Bonchev–Trinajstić information content (AvgIpc) is 3.62. The third-order valence-electron chi connectivity index (χ3n) is 12.2. The lowest BCUT2D eigenvalue weighted by atomic mass is 9.80. The Morgan fingerprint density at radius 3 is 1.75 bits per heavy atom. The molecule has 0 saturated carbocycles. The second-order valence-corrected chi connectivity index (χ2v) is 15.4. The summed E-state index contributed by atoms with van der Waals surface area (Å²) in [6.07, 6.45) is 0. The number of benzene rings is 9. The third kappa shape index (κ3) is 4.31. The standard InChI is InChI=1S/C52H37N/c1-52(2)46-18-10-8-14-38(46)39-25-23-37(31-47(39)52)51-42-17-7-6-16-41(42)50(36-24-27-49-44(30-36)40-15-9-11-19-48(40)53(49)3)43-26-22-35(29-45(43)51)34-21-20-32-12-4-5-13-33(32)28-34/h4-31H,1-3H3. The van der Waals surface area contributed by atoms with Crippen LogP contribution in [0.1, 0.15) is 25.0 Å². The molecule has 1 nitrogen and oxygen atoms in total. The van der Waals surface area contributed by atoms with Gasteiger partial charge in [0.15, 0.2) is 0 Å². The number of aromatic nitrogens is 1. The highest BCUT2D eigenvalue weighted by Gasteiger charge is 2.35. The first-order chi connectivity index (χ1) is 26.0. The van der Waals surface area contributed by atoms with Crippen molar-refractivity contribution in [1.29, 1.82) is 0 Å². The highest BCUT2D eigenvalue weighted by Crippen LogP contribution is 2.51. The van der Waals surface area contributed by atoms with Crippen LogP contribution < -0.4 is 0 Å². The Balaban J connectivity index is 1.23. The lowest BCUT2D eigenvalue weighted by molar-refractivity contribution is 0.660. The van der Waals surface area contributed by atoms with Gasteiger partial charge in [-0.2, -0.15) is 0 Å². The van der Waals surface area contributed by atoms with E-state index in [4.69, 9.17) is 0 Å². The van der Waals surface area contributed by atoms with Gasteiger partial charge in [-0.15, -0.1) is 0 Å². The Morgan fingerprint density at radius 1 is 0.358 bits per heavy atom. The van der Waals surface area contributed by atoms with Gasteiger partial charge in [0.1, 0.15) is 0 Å². The minimum atomic E-state index is -0.0857. The highest BCUT2D eigenvalue weighted by molar-refractivity contribution is 6.23. The fourth-order valence-corrected chi connectivity index (χ4v) is 9.53. The van der Waals surface area contributed by atoms with Crippen molar-refractivity contribution in [2.75, 3.05) is 0 Å². The maximum absolute atomic E-state index is 2.49. The number of hydrogen-bond donors (Lipinski definition) is 0. The molecule has 0 amide bonds.